The molecule has 2 rings (SSSR count). The summed E-state index contributed by atoms with van der Waals surface area (Å²) in [6.45, 7) is 7.72. The smallest absolute Gasteiger partial charge is 0.468 e. The van der Waals surface area contributed by atoms with E-state index in [2.05, 4.69) is 4.98 Å². The lowest BCUT2D eigenvalue weighted by Gasteiger charge is -2.32. The van der Waals surface area contributed by atoms with Crippen LogP contribution in [0.25, 0.3) is 0 Å². The van der Waals surface area contributed by atoms with Gasteiger partial charge >= 0.3 is 13.1 Å². The van der Waals surface area contributed by atoms with Crippen LogP contribution in [0.3, 0.4) is 0 Å². The van der Waals surface area contributed by atoms with Crippen molar-refractivity contribution in [1.82, 2.24) is 4.98 Å². The van der Waals surface area contributed by atoms with Crippen LogP contribution in [0.4, 0.5) is 0 Å². The lowest BCUT2D eigenvalue weighted by atomic mass is 9.68. The summed E-state index contributed by atoms with van der Waals surface area (Å²) < 4.78 is 11.9. The van der Waals surface area contributed by atoms with Crippen LogP contribution in [0.1, 0.15) is 45.6 Å². The topological polar surface area (TPSA) is 68.7 Å². The molecular formula is C14H19BClNO4. The van der Waals surface area contributed by atoms with Crippen molar-refractivity contribution in [3.63, 3.8) is 0 Å². The molecule has 1 aliphatic heterocycles. The molecule has 1 atom stereocenters. The Labute approximate surface area is 129 Å². The van der Waals surface area contributed by atoms with Crippen molar-refractivity contribution in [1.29, 1.82) is 0 Å². The molecular weight excluding hydrogens is 292 g/mol. The van der Waals surface area contributed by atoms with Gasteiger partial charge in [0, 0.05) is 17.7 Å². The first-order valence-corrected chi connectivity index (χ1v) is 7.19. The molecule has 0 saturated carbocycles. The Morgan fingerprint density at radius 2 is 1.90 bits per heavy atom. The van der Waals surface area contributed by atoms with Gasteiger partial charge in [-0.25, -0.2) is 0 Å². The number of carboxylic acids is 1. The Kier molecular flexibility index (Phi) is 4.33. The Balaban J connectivity index is 2.30. The minimum atomic E-state index is -0.925. The zero-order valence-corrected chi connectivity index (χ0v) is 13.3. The van der Waals surface area contributed by atoms with Crippen molar-refractivity contribution >= 4 is 24.7 Å². The van der Waals surface area contributed by atoms with E-state index in [4.69, 9.17) is 26.0 Å². The second-order valence-corrected chi connectivity index (χ2v) is 6.67. The van der Waals surface area contributed by atoms with Gasteiger partial charge in [0.2, 0.25) is 0 Å². The second-order valence-electron chi connectivity index (χ2n) is 6.23. The molecule has 5 nitrogen and oxygen atoms in total. The number of hydrogen-bond donors (Lipinski definition) is 1. The predicted octanol–water partition coefficient (Wildman–Crippen LogP) is 2.92. The van der Waals surface area contributed by atoms with Crippen molar-refractivity contribution in [3.05, 3.63) is 29.0 Å². The molecule has 1 unspecified atom stereocenters. The lowest BCUT2D eigenvalue weighted by Crippen LogP contribution is -2.41. The number of halogens is 1. The van der Waals surface area contributed by atoms with Gasteiger partial charge in [0.1, 0.15) is 0 Å². The van der Waals surface area contributed by atoms with Crippen molar-refractivity contribution in [2.75, 3.05) is 0 Å². The fourth-order valence-corrected chi connectivity index (χ4v) is 2.30. The summed E-state index contributed by atoms with van der Waals surface area (Å²) in [5, 5.41) is 9.66. The van der Waals surface area contributed by atoms with E-state index < -0.39 is 30.1 Å². The minimum absolute atomic E-state index is 0.120. The molecule has 7 heteroatoms. The molecule has 1 saturated heterocycles. The Morgan fingerprint density at radius 3 is 2.33 bits per heavy atom. The van der Waals surface area contributed by atoms with Crippen molar-refractivity contribution in [2.45, 2.75) is 51.1 Å². The van der Waals surface area contributed by atoms with Crippen molar-refractivity contribution in [2.24, 2.45) is 0 Å². The summed E-state index contributed by atoms with van der Waals surface area (Å²) in [6.07, 6.45) is 1.38. The third kappa shape index (κ3) is 3.39. The number of aliphatic carboxylic acids is 1. The van der Waals surface area contributed by atoms with Gasteiger partial charge in [0.15, 0.2) is 0 Å². The van der Waals surface area contributed by atoms with Crippen LogP contribution < -0.4 is 0 Å². The predicted molar refractivity (Wildman–Crippen MR) is 80.3 cm³/mol. The number of aromatic nitrogens is 1. The van der Waals surface area contributed by atoms with Gasteiger partial charge < -0.3 is 14.4 Å². The molecule has 1 aromatic rings. The third-order valence-corrected chi connectivity index (χ3v) is 4.35. The minimum Gasteiger partial charge on any atom is -0.481 e. The standard InChI is InChI=1S/C14H19BClNO4/c1-13(2)14(3,4)21-15(20-13)10(7-12(18)19)11-6-5-9(16)8-17-11/h5-6,8,10H,7H2,1-4H3,(H,18,19). The number of rotatable bonds is 4. The molecule has 0 amide bonds. The van der Waals surface area contributed by atoms with E-state index in [-0.39, 0.29) is 6.42 Å². The van der Waals surface area contributed by atoms with Crippen LogP contribution in [-0.2, 0) is 14.1 Å². The zero-order chi connectivity index (χ0) is 15.8. The fraction of sp³-hybridized carbons (Fsp3) is 0.571. The number of carbonyl (C=O) groups is 1. The van der Waals surface area contributed by atoms with Crippen molar-refractivity contribution < 1.29 is 19.2 Å². The highest BCUT2D eigenvalue weighted by molar-refractivity contribution is 6.48. The highest BCUT2D eigenvalue weighted by Crippen LogP contribution is 2.41. The molecule has 114 valence electrons. The Hall–Kier alpha value is -1.11. The van der Waals surface area contributed by atoms with E-state index in [1.165, 1.54) is 6.20 Å². The molecule has 0 aromatic carbocycles. The fourth-order valence-electron chi connectivity index (χ4n) is 2.19. The molecule has 1 aliphatic rings. The van der Waals surface area contributed by atoms with Crippen LogP contribution >= 0.6 is 11.6 Å². The second kappa shape index (κ2) is 5.59. The Bertz CT molecular complexity index is 516. The molecule has 1 fully saturated rings. The summed E-state index contributed by atoms with van der Waals surface area (Å²) in [4.78, 5) is 15.4. The first-order valence-electron chi connectivity index (χ1n) is 6.81. The monoisotopic (exact) mass is 311 g/mol. The molecule has 0 radical (unpaired) electrons. The van der Waals surface area contributed by atoms with Gasteiger partial charge in [0.05, 0.1) is 22.6 Å². The van der Waals surface area contributed by atoms with Crippen molar-refractivity contribution in [3.8, 4) is 0 Å². The van der Waals surface area contributed by atoms with Crippen LogP contribution in [0.5, 0.6) is 0 Å². The number of hydrogen-bond acceptors (Lipinski definition) is 4. The maximum Gasteiger partial charge on any atom is 0.468 e. The highest BCUT2D eigenvalue weighted by atomic mass is 35.5. The first kappa shape index (κ1) is 16.3. The van der Waals surface area contributed by atoms with E-state index in [0.717, 1.165) is 0 Å². The first-order chi connectivity index (χ1) is 9.62. The van der Waals surface area contributed by atoms with Crippen LogP contribution in [-0.4, -0.2) is 34.4 Å². The molecule has 21 heavy (non-hydrogen) atoms. The molecule has 0 aliphatic carbocycles. The van der Waals surface area contributed by atoms with E-state index in [9.17, 15) is 4.79 Å². The molecule has 0 spiro atoms. The molecule has 0 bridgehead atoms. The summed E-state index contributed by atoms with van der Waals surface area (Å²) in [5.41, 5.74) is -0.429. The van der Waals surface area contributed by atoms with E-state index in [1.807, 2.05) is 27.7 Å². The summed E-state index contributed by atoms with van der Waals surface area (Å²) in [7, 11) is -0.653. The van der Waals surface area contributed by atoms with Gasteiger partial charge in [-0.2, -0.15) is 0 Å². The van der Waals surface area contributed by atoms with Crippen LogP contribution in [0, 0.1) is 0 Å². The summed E-state index contributed by atoms with van der Waals surface area (Å²) in [5.74, 6) is -1.41. The number of carboxylic acid groups (broad SMARTS) is 1. The summed E-state index contributed by atoms with van der Waals surface area (Å²) in [6, 6.07) is 3.39. The van der Waals surface area contributed by atoms with Crippen LogP contribution in [0.15, 0.2) is 18.3 Å². The largest absolute Gasteiger partial charge is 0.481 e. The van der Waals surface area contributed by atoms with Crippen LogP contribution in [0.2, 0.25) is 5.02 Å². The van der Waals surface area contributed by atoms with E-state index in [0.29, 0.717) is 10.7 Å². The maximum absolute atomic E-state index is 11.2. The lowest BCUT2D eigenvalue weighted by molar-refractivity contribution is -0.137. The van der Waals surface area contributed by atoms with E-state index in [1.54, 1.807) is 12.1 Å². The highest BCUT2D eigenvalue weighted by Gasteiger charge is 2.54. The zero-order valence-electron chi connectivity index (χ0n) is 12.6. The van der Waals surface area contributed by atoms with Gasteiger partial charge in [-0.3, -0.25) is 9.78 Å². The number of pyridine rings is 1. The average Bonchev–Trinajstić information content (AvgIpc) is 2.56. The van der Waals surface area contributed by atoms with Gasteiger partial charge in [-0.05, 0) is 39.8 Å². The maximum atomic E-state index is 11.2. The van der Waals surface area contributed by atoms with Gasteiger partial charge in [-0.15, -0.1) is 0 Å². The molecule has 1 N–H and O–H groups in total. The third-order valence-electron chi connectivity index (χ3n) is 4.12. The quantitative estimate of drug-likeness (QED) is 0.866. The van der Waals surface area contributed by atoms with Gasteiger partial charge in [0.25, 0.3) is 0 Å². The van der Waals surface area contributed by atoms with Gasteiger partial charge in [-0.1, -0.05) is 11.6 Å². The summed E-state index contributed by atoms with van der Waals surface area (Å²) >= 11 is 5.83. The SMILES string of the molecule is CC1(C)OB(C(CC(=O)O)c2ccc(Cl)cn2)OC1(C)C. The Morgan fingerprint density at radius 1 is 1.33 bits per heavy atom. The normalized spacial score (nSPS) is 21.3. The molecule has 1 aromatic heterocycles. The average molecular weight is 312 g/mol. The van der Waals surface area contributed by atoms with E-state index >= 15 is 0 Å². The molecule has 2 heterocycles. The number of nitrogens with zero attached hydrogens (tertiary/aromatic N) is 1.